The van der Waals surface area contributed by atoms with Crippen LogP contribution in [0.25, 0.3) is 0 Å². The zero-order valence-electron chi connectivity index (χ0n) is 41.2. The van der Waals surface area contributed by atoms with Crippen LogP contribution in [0.4, 0.5) is 0 Å². The molecule has 1 unspecified atom stereocenters. The molecule has 0 aromatic heterocycles. The first-order valence-corrected chi connectivity index (χ1v) is 27.4. The first-order chi connectivity index (χ1) is 30.1. The molecule has 0 aromatic rings. The lowest BCUT2D eigenvalue weighted by atomic mass is 10.0. The molecule has 1 atom stereocenters. The minimum atomic E-state index is -0.768. The summed E-state index contributed by atoms with van der Waals surface area (Å²) in [5.41, 5.74) is 0. The number of carbonyl (C=O) groups excluding carboxylic acids is 2. The maximum atomic E-state index is 12.3. The SMILES string of the molecule is CCCCCCC/C=C\C/C=C\CCCCCCCCCCCCCCCC(=O)OC(CO)COC(=O)CCCCCCCCCCCCCCCCCCCCCCCC. The summed E-state index contributed by atoms with van der Waals surface area (Å²) >= 11 is 0. The monoisotopic (exact) mass is 859 g/mol. The number of aliphatic hydroxyl groups excluding tert-OH is 1. The molecular weight excluding hydrogens is 753 g/mol. The molecule has 0 radical (unpaired) electrons. The van der Waals surface area contributed by atoms with Gasteiger partial charge in [0, 0.05) is 12.8 Å². The molecule has 0 spiro atoms. The average Bonchev–Trinajstić information content (AvgIpc) is 3.26. The van der Waals surface area contributed by atoms with E-state index in [0.717, 1.165) is 38.5 Å². The number of carbonyl (C=O) groups is 2. The summed E-state index contributed by atoms with van der Waals surface area (Å²) in [5, 5.41) is 9.64. The van der Waals surface area contributed by atoms with E-state index in [1.54, 1.807) is 0 Å². The number of unbranched alkanes of at least 4 members (excludes halogenated alkanes) is 39. The fraction of sp³-hybridized carbons (Fsp3) is 0.893. The number of rotatable bonds is 51. The highest BCUT2D eigenvalue weighted by Crippen LogP contribution is 2.17. The van der Waals surface area contributed by atoms with Crippen LogP contribution < -0.4 is 0 Å². The Kier molecular flexibility index (Phi) is 51.3. The highest BCUT2D eigenvalue weighted by molar-refractivity contribution is 5.70. The molecule has 0 heterocycles. The van der Waals surface area contributed by atoms with E-state index in [2.05, 4.69) is 38.2 Å². The predicted octanol–water partition coefficient (Wildman–Crippen LogP) is 18.1. The molecule has 360 valence electrons. The van der Waals surface area contributed by atoms with Gasteiger partial charge in [-0.25, -0.2) is 0 Å². The molecule has 0 saturated carbocycles. The second-order valence-corrected chi connectivity index (χ2v) is 18.7. The van der Waals surface area contributed by atoms with Crippen LogP contribution in [0.3, 0.4) is 0 Å². The van der Waals surface area contributed by atoms with Crippen molar-refractivity contribution in [2.24, 2.45) is 0 Å². The van der Waals surface area contributed by atoms with E-state index in [9.17, 15) is 14.7 Å². The van der Waals surface area contributed by atoms with E-state index in [-0.39, 0.29) is 25.2 Å². The minimum Gasteiger partial charge on any atom is -0.462 e. The Morgan fingerprint density at radius 2 is 0.656 bits per heavy atom. The second kappa shape index (κ2) is 52.7. The number of hydrogen-bond donors (Lipinski definition) is 1. The van der Waals surface area contributed by atoms with Crippen molar-refractivity contribution in [2.45, 2.75) is 309 Å². The molecule has 0 bridgehead atoms. The maximum absolute atomic E-state index is 12.3. The van der Waals surface area contributed by atoms with Gasteiger partial charge in [0.05, 0.1) is 6.61 Å². The largest absolute Gasteiger partial charge is 0.462 e. The smallest absolute Gasteiger partial charge is 0.306 e. The van der Waals surface area contributed by atoms with Crippen LogP contribution >= 0.6 is 0 Å². The maximum Gasteiger partial charge on any atom is 0.306 e. The van der Waals surface area contributed by atoms with Gasteiger partial charge in [-0.05, 0) is 44.9 Å². The van der Waals surface area contributed by atoms with Gasteiger partial charge in [0.15, 0.2) is 6.10 Å². The summed E-state index contributed by atoms with van der Waals surface area (Å²) in [6.45, 7) is 4.18. The number of aliphatic hydroxyl groups is 1. The third-order valence-corrected chi connectivity index (χ3v) is 12.5. The van der Waals surface area contributed by atoms with E-state index in [4.69, 9.17) is 9.47 Å². The molecule has 5 heteroatoms. The molecule has 0 rings (SSSR count). The first kappa shape index (κ1) is 59.4. The Labute approximate surface area is 381 Å². The molecule has 5 nitrogen and oxygen atoms in total. The van der Waals surface area contributed by atoms with Crippen LogP contribution in [0.2, 0.25) is 0 Å². The molecule has 0 fully saturated rings. The van der Waals surface area contributed by atoms with E-state index in [0.29, 0.717) is 12.8 Å². The Morgan fingerprint density at radius 3 is 0.967 bits per heavy atom. The summed E-state index contributed by atoms with van der Waals surface area (Å²) in [5.74, 6) is -0.572. The van der Waals surface area contributed by atoms with Crippen molar-refractivity contribution in [3.63, 3.8) is 0 Å². The van der Waals surface area contributed by atoms with Crippen molar-refractivity contribution in [1.82, 2.24) is 0 Å². The minimum absolute atomic E-state index is 0.0599. The predicted molar refractivity (Wildman–Crippen MR) is 265 cm³/mol. The quantitative estimate of drug-likeness (QED) is 0.0375. The normalized spacial score (nSPS) is 12.2. The van der Waals surface area contributed by atoms with Gasteiger partial charge in [-0.2, -0.15) is 0 Å². The third-order valence-electron chi connectivity index (χ3n) is 12.5. The molecule has 0 aliphatic carbocycles. The van der Waals surface area contributed by atoms with Gasteiger partial charge in [-0.1, -0.05) is 269 Å². The highest BCUT2D eigenvalue weighted by atomic mass is 16.6. The first-order valence-electron chi connectivity index (χ1n) is 27.4. The Balaban J connectivity index is 3.44. The van der Waals surface area contributed by atoms with Crippen LogP contribution in [-0.4, -0.2) is 36.4 Å². The van der Waals surface area contributed by atoms with Crippen LogP contribution in [0.5, 0.6) is 0 Å². The molecule has 1 N–H and O–H groups in total. The van der Waals surface area contributed by atoms with Crippen molar-refractivity contribution >= 4 is 11.9 Å². The number of ether oxygens (including phenoxy) is 2. The van der Waals surface area contributed by atoms with Crippen LogP contribution in [-0.2, 0) is 19.1 Å². The van der Waals surface area contributed by atoms with Gasteiger partial charge < -0.3 is 14.6 Å². The zero-order valence-corrected chi connectivity index (χ0v) is 41.2. The summed E-state index contributed by atoms with van der Waals surface area (Å²) in [6.07, 6.45) is 65.7. The van der Waals surface area contributed by atoms with Crippen LogP contribution in [0, 0.1) is 0 Å². The highest BCUT2D eigenvalue weighted by Gasteiger charge is 2.16. The van der Waals surface area contributed by atoms with Gasteiger partial charge in [-0.15, -0.1) is 0 Å². The third kappa shape index (κ3) is 50.9. The molecule has 61 heavy (non-hydrogen) atoms. The standard InChI is InChI=1S/C56H106O5/c1-3-5-7-9-11-13-15-17-19-21-23-25-27-28-29-31-33-35-37-39-41-43-45-47-49-51-56(59)61-54(52-57)53-60-55(58)50-48-46-44-42-40-38-36-34-32-30-26-24-22-20-18-16-14-12-10-8-6-4-2/h15,17,21,23,54,57H,3-14,16,18-20,22,24-53H2,1-2H3/b17-15-,23-21-. The number of hydrogen-bond acceptors (Lipinski definition) is 5. The Morgan fingerprint density at radius 1 is 0.377 bits per heavy atom. The molecule has 0 amide bonds. The van der Waals surface area contributed by atoms with E-state index < -0.39 is 6.10 Å². The lowest BCUT2D eigenvalue weighted by Gasteiger charge is -2.15. The molecular formula is C56H106O5. The Bertz CT molecular complexity index is 928. The van der Waals surface area contributed by atoms with Crippen molar-refractivity contribution in [3.8, 4) is 0 Å². The van der Waals surface area contributed by atoms with Crippen molar-refractivity contribution in [3.05, 3.63) is 24.3 Å². The van der Waals surface area contributed by atoms with Gasteiger partial charge >= 0.3 is 11.9 Å². The van der Waals surface area contributed by atoms with E-state index in [1.807, 2.05) is 0 Å². The zero-order chi connectivity index (χ0) is 44.2. The van der Waals surface area contributed by atoms with Crippen molar-refractivity contribution in [2.75, 3.05) is 13.2 Å². The summed E-state index contributed by atoms with van der Waals surface area (Å²) < 4.78 is 10.7. The summed E-state index contributed by atoms with van der Waals surface area (Å²) in [7, 11) is 0. The van der Waals surface area contributed by atoms with E-state index in [1.165, 1.54) is 238 Å². The van der Waals surface area contributed by atoms with Crippen LogP contribution in [0.15, 0.2) is 24.3 Å². The molecule has 0 aromatic carbocycles. The van der Waals surface area contributed by atoms with Crippen molar-refractivity contribution in [1.29, 1.82) is 0 Å². The van der Waals surface area contributed by atoms with Gasteiger partial charge in [0.25, 0.3) is 0 Å². The van der Waals surface area contributed by atoms with Crippen molar-refractivity contribution < 1.29 is 24.2 Å². The average molecular weight is 859 g/mol. The molecule has 0 aliphatic heterocycles. The van der Waals surface area contributed by atoms with Gasteiger partial charge in [0.2, 0.25) is 0 Å². The fourth-order valence-electron chi connectivity index (χ4n) is 8.35. The number of allylic oxidation sites excluding steroid dienone is 4. The van der Waals surface area contributed by atoms with E-state index >= 15 is 0 Å². The van der Waals surface area contributed by atoms with Gasteiger partial charge in [-0.3, -0.25) is 9.59 Å². The topological polar surface area (TPSA) is 72.8 Å². The lowest BCUT2D eigenvalue weighted by molar-refractivity contribution is -0.161. The summed E-state index contributed by atoms with van der Waals surface area (Å²) in [6, 6.07) is 0. The summed E-state index contributed by atoms with van der Waals surface area (Å²) in [4.78, 5) is 24.5. The van der Waals surface area contributed by atoms with Crippen LogP contribution in [0.1, 0.15) is 303 Å². The Hall–Kier alpha value is -1.62. The number of esters is 2. The second-order valence-electron chi connectivity index (χ2n) is 18.7. The molecule has 0 aliphatic rings. The fourth-order valence-corrected chi connectivity index (χ4v) is 8.35. The molecule has 0 saturated heterocycles. The lowest BCUT2D eigenvalue weighted by Crippen LogP contribution is -2.28. The van der Waals surface area contributed by atoms with Gasteiger partial charge in [0.1, 0.15) is 6.61 Å².